The van der Waals surface area contributed by atoms with Gasteiger partial charge in [-0.1, -0.05) is 0 Å². The van der Waals surface area contributed by atoms with Crippen LogP contribution in [-0.2, 0) is 13.1 Å². The maximum Gasteiger partial charge on any atom is 0.193 e. The van der Waals surface area contributed by atoms with Crippen LogP contribution in [0.5, 0.6) is 0 Å². The van der Waals surface area contributed by atoms with Crippen molar-refractivity contribution in [2.24, 2.45) is 11.7 Å². The summed E-state index contributed by atoms with van der Waals surface area (Å²) >= 11 is 0. The van der Waals surface area contributed by atoms with Crippen LogP contribution in [-0.4, -0.2) is 58.2 Å². The van der Waals surface area contributed by atoms with E-state index in [-0.39, 0.29) is 17.3 Å². The average molecular weight is 610 g/mol. The number of anilines is 2. The van der Waals surface area contributed by atoms with Crippen LogP contribution in [0.25, 0.3) is 10.9 Å². The highest BCUT2D eigenvalue weighted by atomic mass is 19.1. The molecule has 3 fully saturated rings. The molecule has 2 atom stereocenters. The molecule has 5 heterocycles. The standard InChI is InChI=1S/C36H44FN7O/c1-24-5-6-30(18-40-24)41-12-3-4-31(23-41)43(19-26-9-11-39-25(2)14-26)21-28-22-44(29-7-8-29)34-16-35(33(37)15-32(34)36(28)45)42-13-10-27(17-38)20-42/h5-6,9,11,14-16,18,22,27,29,31H,3-4,7-8,10,12-13,17,19-21,23,38H2,1-2H3/t27-,31+/m1/s1. The van der Waals surface area contributed by atoms with E-state index in [1.54, 1.807) is 0 Å². The third-order valence-electron chi connectivity index (χ3n) is 9.97. The zero-order valence-electron chi connectivity index (χ0n) is 26.5. The van der Waals surface area contributed by atoms with Crippen LogP contribution in [0.2, 0.25) is 0 Å². The van der Waals surface area contributed by atoms with Gasteiger partial charge in [-0.05, 0) is 100 Å². The van der Waals surface area contributed by atoms with E-state index < -0.39 is 0 Å². The summed E-state index contributed by atoms with van der Waals surface area (Å²) in [6.45, 7) is 9.23. The molecule has 3 aliphatic rings. The highest BCUT2D eigenvalue weighted by molar-refractivity contribution is 5.84. The molecule has 1 aliphatic carbocycles. The molecular weight excluding hydrogens is 565 g/mol. The lowest BCUT2D eigenvalue weighted by molar-refractivity contribution is 0.158. The van der Waals surface area contributed by atoms with Crippen molar-refractivity contribution in [1.29, 1.82) is 0 Å². The van der Waals surface area contributed by atoms with Crippen molar-refractivity contribution in [2.45, 2.75) is 71.1 Å². The maximum absolute atomic E-state index is 15.7. The van der Waals surface area contributed by atoms with Crippen molar-refractivity contribution in [3.63, 3.8) is 0 Å². The normalized spacial score (nSPS) is 20.5. The van der Waals surface area contributed by atoms with Gasteiger partial charge in [0, 0.05) is 86.1 Å². The van der Waals surface area contributed by atoms with Crippen LogP contribution in [0.4, 0.5) is 15.8 Å². The molecule has 0 spiro atoms. The molecule has 45 heavy (non-hydrogen) atoms. The molecule has 9 heteroatoms. The van der Waals surface area contributed by atoms with Gasteiger partial charge in [0.1, 0.15) is 5.82 Å². The number of rotatable bonds is 9. The minimum atomic E-state index is -0.324. The SMILES string of the molecule is Cc1ccc(N2CCC[C@H](N(Cc3ccnc(C)c3)Cc3cn(C4CC4)c4cc(N5CC[C@H](CN)C5)c(F)cc4c3=O)C2)cn1. The smallest absolute Gasteiger partial charge is 0.193 e. The van der Waals surface area contributed by atoms with E-state index in [1.165, 1.54) is 11.6 Å². The monoisotopic (exact) mass is 609 g/mol. The van der Waals surface area contributed by atoms with Crippen LogP contribution in [0.3, 0.4) is 0 Å². The van der Waals surface area contributed by atoms with E-state index in [1.807, 2.05) is 32.3 Å². The Labute approximate surface area is 264 Å². The van der Waals surface area contributed by atoms with Crippen LogP contribution < -0.4 is 21.0 Å². The Kier molecular flexibility index (Phi) is 8.31. The number of benzene rings is 1. The Hall–Kier alpha value is -3.82. The van der Waals surface area contributed by atoms with Crippen LogP contribution in [0, 0.1) is 25.6 Å². The second kappa shape index (κ2) is 12.5. The average Bonchev–Trinajstić information content (AvgIpc) is 3.78. The predicted octanol–water partition coefficient (Wildman–Crippen LogP) is 5.34. The molecule has 1 aromatic carbocycles. The summed E-state index contributed by atoms with van der Waals surface area (Å²) in [4.78, 5) is 30.1. The fourth-order valence-corrected chi connectivity index (χ4v) is 7.27. The van der Waals surface area contributed by atoms with Gasteiger partial charge in [-0.15, -0.1) is 0 Å². The van der Waals surface area contributed by atoms with Gasteiger partial charge in [0.2, 0.25) is 0 Å². The number of hydrogen-bond donors (Lipinski definition) is 1. The maximum atomic E-state index is 15.7. The Morgan fingerprint density at radius 3 is 2.56 bits per heavy atom. The third kappa shape index (κ3) is 6.33. The van der Waals surface area contributed by atoms with E-state index in [4.69, 9.17) is 5.73 Å². The van der Waals surface area contributed by atoms with E-state index in [0.717, 1.165) is 86.4 Å². The highest BCUT2D eigenvalue weighted by Crippen LogP contribution is 2.39. The molecule has 2 saturated heterocycles. The summed E-state index contributed by atoms with van der Waals surface area (Å²) < 4.78 is 18.0. The van der Waals surface area contributed by atoms with Crippen molar-refractivity contribution in [1.82, 2.24) is 19.4 Å². The summed E-state index contributed by atoms with van der Waals surface area (Å²) in [5, 5.41) is 0.478. The predicted molar refractivity (Wildman–Crippen MR) is 178 cm³/mol. The molecule has 3 aromatic heterocycles. The van der Waals surface area contributed by atoms with Gasteiger partial charge in [0.05, 0.1) is 23.1 Å². The molecule has 2 aliphatic heterocycles. The second-order valence-corrected chi connectivity index (χ2v) is 13.4. The zero-order chi connectivity index (χ0) is 31.1. The van der Waals surface area contributed by atoms with E-state index in [9.17, 15) is 4.79 Å². The molecule has 7 rings (SSSR count). The number of fused-ring (bicyclic) bond motifs is 1. The third-order valence-corrected chi connectivity index (χ3v) is 9.97. The second-order valence-electron chi connectivity index (χ2n) is 13.4. The van der Waals surface area contributed by atoms with Crippen molar-refractivity contribution < 1.29 is 4.39 Å². The minimum Gasteiger partial charge on any atom is -0.369 e. The lowest BCUT2D eigenvalue weighted by Gasteiger charge is -2.40. The molecule has 0 bridgehead atoms. The molecule has 8 nitrogen and oxygen atoms in total. The molecule has 0 radical (unpaired) electrons. The largest absolute Gasteiger partial charge is 0.369 e. The van der Waals surface area contributed by atoms with Gasteiger partial charge < -0.3 is 20.1 Å². The van der Waals surface area contributed by atoms with Gasteiger partial charge >= 0.3 is 0 Å². The van der Waals surface area contributed by atoms with E-state index in [0.29, 0.717) is 42.7 Å². The Morgan fingerprint density at radius 1 is 0.956 bits per heavy atom. The zero-order valence-corrected chi connectivity index (χ0v) is 26.5. The molecule has 1 saturated carbocycles. The first-order chi connectivity index (χ1) is 21.9. The van der Waals surface area contributed by atoms with Crippen LogP contribution >= 0.6 is 0 Å². The summed E-state index contributed by atoms with van der Waals surface area (Å²) in [5.74, 6) is 0.0526. The number of nitrogens with two attached hydrogens (primary N) is 1. The first-order valence-corrected chi connectivity index (χ1v) is 16.5. The summed E-state index contributed by atoms with van der Waals surface area (Å²) in [7, 11) is 0. The van der Waals surface area contributed by atoms with E-state index >= 15 is 4.39 Å². The van der Waals surface area contributed by atoms with Gasteiger partial charge in [-0.3, -0.25) is 19.7 Å². The summed E-state index contributed by atoms with van der Waals surface area (Å²) in [6.07, 6.45) is 11.1. The number of hydrogen-bond acceptors (Lipinski definition) is 7. The molecule has 2 N–H and O–H groups in total. The Morgan fingerprint density at radius 2 is 1.82 bits per heavy atom. The Balaban J connectivity index is 1.24. The van der Waals surface area contributed by atoms with Crippen molar-refractivity contribution >= 4 is 22.3 Å². The fraction of sp³-hybridized carbons (Fsp3) is 0.472. The summed E-state index contributed by atoms with van der Waals surface area (Å²) in [5.41, 5.74) is 12.3. The van der Waals surface area contributed by atoms with Crippen molar-refractivity contribution in [3.05, 3.63) is 93.5 Å². The first kappa shape index (κ1) is 29.9. The number of pyridine rings is 3. The first-order valence-electron chi connectivity index (χ1n) is 16.5. The lowest BCUT2D eigenvalue weighted by Crippen LogP contribution is -2.48. The number of aromatic nitrogens is 3. The minimum absolute atomic E-state index is 0.0695. The van der Waals surface area contributed by atoms with Crippen LogP contribution in [0.1, 0.15) is 60.7 Å². The number of halogens is 1. The van der Waals surface area contributed by atoms with Crippen molar-refractivity contribution in [2.75, 3.05) is 42.5 Å². The van der Waals surface area contributed by atoms with E-state index in [2.05, 4.69) is 59.7 Å². The molecular formula is C36H44FN7O. The van der Waals surface area contributed by atoms with Gasteiger partial charge in [0.15, 0.2) is 5.43 Å². The highest BCUT2D eigenvalue weighted by Gasteiger charge is 2.31. The quantitative estimate of drug-likeness (QED) is 0.274. The van der Waals surface area contributed by atoms with Crippen LogP contribution in [0.15, 0.2) is 59.8 Å². The van der Waals surface area contributed by atoms with Gasteiger partial charge in [-0.2, -0.15) is 0 Å². The topological polar surface area (TPSA) is 83.5 Å². The molecule has 0 amide bonds. The Bertz CT molecular complexity index is 1730. The van der Waals surface area contributed by atoms with Gasteiger partial charge in [-0.25, -0.2) is 4.39 Å². The number of piperidine rings is 1. The molecule has 0 unspecified atom stereocenters. The lowest BCUT2D eigenvalue weighted by atomic mass is 10.0. The van der Waals surface area contributed by atoms with Gasteiger partial charge in [0.25, 0.3) is 0 Å². The fourth-order valence-electron chi connectivity index (χ4n) is 7.27. The van der Waals surface area contributed by atoms with Crippen molar-refractivity contribution in [3.8, 4) is 0 Å². The summed E-state index contributed by atoms with van der Waals surface area (Å²) in [6, 6.07) is 12.4. The number of nitrogens with zero attached hydrogens (tertiary/aromatic N) is 6. The number of aryl methyl sites for hydroxylation is 2. The molecule has 4 aromatic rings. The molecule has 236 valence electrons.